The summed E-state index contributed by atoms with van der Waals surface area (Å²) in [6.07, 6.45) is 0. The minimum atomic E-state index is -0.574. The molecule has 0 bridgehead atoms. The molecule has 30 heavy (non-hydrogen) atoms. The number of nitrogens with two attached hydrogens (primary N) is 1. The molecule has 2 aromatic carbocycles. The topological polar surface area (TPSA) is 145 Å². The molecule has 12 heteroatoms. The highest BCUT2D eigenvalue weighted by atomic mass is 35.5. The number of phenols is 1. The molecule has 0 aliphatic rings. The molecule has 0 radical (unpaired) electrons. The lowest BCUT2D eigenvalue weighted by Crippen LogP contribution is -2.14. The molecule has 4 aromatic rings. The molecule has 4 N–H and O–H groups in total. The van der Waals surface area contributed by atoms with Crippen LogP contribution >= 0.6 is 11.6 Å². The summed E-state index contributed by atoms with van der Waals surface area (Å²) < 4.78 is 23.4. The second-order valence-corrected chi connectivity index (χ2v) is 6.35. The number of hydrogen-bond acceptors (Lipinski definition) is 10. The van der Waals surface area contributed by atoms with Crippen LogP contribution in [0.5, 0.6) is 11.5 Å². The third-order valence-electron chi connectivity index (χ3n) is 4.11. The van der Waals surface area contributed by atoms with Gasteiger partial charge in [-0.2, -0.15) is 5.10 Å². The molecular weight excluding hydrogens is 417 g/mol. The van der Waals surface area contributed by atoms with E-state index in [1.807, 2.05) is 0 Å². The van der Waals surface area contributed by atoms with Gasteiger partial charge in [-0.25, -0.2) is 19.0 Å². The van der Waals surface area contributed by atoms with E-state index in [-0.39, 0.29) is 44.9 Å². The number of rotatable bonds is 5. The normalized spacial score (nSPS) is 11.6. The van der Waals surface area contributed by atoms with E-state index in [1.165, 1.54) is 37.4 Å². The van der Waals surface area contributed by atoms with Crippen molar-refractivity contribution in [3.05, 3.63) is 58.5 Å². The van der Waals surface area contributed by atoms with E-state index in [2.05, 4.69) is 35.3 Å². The van der Waals surface area contributed by atoms with Crippen LogP contribution in [0, 0.1) is 5.82 Å². The van der Waals surface area contributed by atoms with Gasteiger partial charge in [-0.15, -0.1) is 0 Å². The number of halogens is 2. The maximum atomic E-state index is 13.5. The Morgan fingerprint density at radius 2 is 1.97 bits per heavy atom. The van der Waals surface area contributed by atoms with Gasteiger partial charge in [0.2, 0.25) is 11.3 Å². The number of benzene rings is 2. The van der Waals surface area contributed by atoms with Gasteiger partial charge in [0.15, 0.2) is 5.82 Å². The number of nitrogens with zero attached hydrogens (tertiary/aromatic N) is 5. The van der Waals surface area contributed by atoms with Gasteiger partial charge in [-0.1, -0.05) is 11.6 Å². The third kappa shape index (κ3) is 3.53. The van der Waals surface area contributed by atoms with Gasteiger partial charge in [-0.05, 0) is 46.7 Å². The van der Waals surface area contributed by atoms with Crippen molar-refractivity contribution in [2.45, 2.75) is 0 Å². The second-order valence-electron chi connectivity index (χ2n) is 5.95. The molecule has 0 saturated carbocycles. The molecule has 152 valence electrons. The highest BCUT2D eigenvalue weighted by molar-refractivity contribution is 6.31. The van der Waals surface area contributed by atoms with Crippen LogP contribution in [-0.2, 0) is 0 Å². The predicted molar refractivity (Wildman–Crippen MR) is 107 cm³/mol. The Balaban J connectivity index is 1.88. The number of phenolic OH excluding ortho intramolecular Hbond substituents is 1. The number of fused-ring (bicyclic) bond motifs is 1. The molecule has 0 unspecified atom stereocenters. The lowest BCUT2D eigenvalue weighted by atomic mass is 10.0. The number of nitrogens with one attached hydrogen (secondary N) is 1. The smallest absolute Gasteiger partial charge is 0.245 e. The maximum absolute atomic E-state index is 13.5. The number of anilines is 2. The van der Waals surface area contributed by atoms with E-state index < -0.39 is 5.82 Å². The molecule has 0 aliphatic carbocycles. The number of methoxy groups -OCH3 is 1. The van der Waals surface area contributed by atoms with Crippen molar-refractivity contribution in [3.8, 4) is 11.5 Å². The Morgan fingerprint density at radius 3 is 2.67 bits per heavy atom. The number of ether oxygens (including phenoxy) is 1. The Kier molecular flexibility index (Phi) is 5.02. The van der Waals surface area contributed by atoms with Gasteiger partial charge >= 0.3 is 0 Å². The second kappa shape index (κ2) is 7.79. The van der Waals surface area contributed by atoms with Crippen molar-refractivity contribution < 1.29 is 18.9 Å². The predicted octanol–water partition coefficient (Wildman–Crippen LogP) is 2.97. The first kappa shape index (κ1) is 19.3. The zero-order chi connectivity index (χ0) is 21.3. The van der Waals surface area contributed by atoms with Gasteiger partial charge < -0.3 is 21.0 Å². The molecule has 0 amide bonds. The van der Waals surface area contributed by atoms with Crippen LogP contribution in [0.2, 0.25) is 5.02 Å². The summed E-state index contributed by atoms with van der Waals surface area (Å²) >= 11 is 5.86. The Labute approximate surface area is 173 Å². The summed E-state index contributed by atoms with van der Waals surface area (Å²) in [7, 11) is 1.48. The summed E-state index contributed by atoms with van der Waals surface area (Å²) in [4.78, 5) is 8.68. The minimum Gasteiger partial charge on any atom is -0.507 e. The lowest BCUT2D eigenvalue weighted by Gasteiger charge is -2.13. The molecule has 2 aromatic heterocycles. The minimum absolute atomic E-state index is 0.0829. The molecule has 0 atom stereocenters. The first-order valence-corrected chi connectivity index (χ1v) is 8.76. The summed E-state index contributed by atoms with van der Waals surface area (Å²) in [5.41, 5.74) is 1.07. The quantitative estimate of drug-likeness (QED) is 0.247. The van der Waals surface area contributed by atoms with Crippen LogP contribution in [0.25, 0.3) is 11.3 Å². The zero-order valence-corrected chi connectivity index (χ0v) is 16.1. The van der Waals surface area contributed by atoms with Gasteiger partial charge in [0.05, 0.1) is 12.1 Å². The number of hydrazone groups is 1. The van der Waals surface area contributed by atoms with E-state index in [1.54, 1.807) is 6.07 Å². The van der Waals surface area contributed by atoms with Crippen molar-refractivity contribution in [3.63, 3.8) is 0 Å². The molecule has 0 spiro atoms. The number of aromatic hydroxyl groups is 1. The Bertz CT molecular complexity index is 1280. The van der Waals surface area contributed by atoms with Crippen molar-refractivity contribution in [2.75, 3.05) is 12.4 Å². The van der Waals surface area contributed by atoms with Crippen LogP contribution < -0.4 is 15.9 Å². The number of aromatic nitrogens is 4. The van der Waals surface area contributed by atoms with Gasteiger partial charge in [-0.3, -0.25) is 0 Å². The van der Waals surface area contributed by atoms with E-state index in [0.717, 1.165) is 0 Å². The fourth-order valence-electron chi connectivity index (χ4n) is 2.69. The first-order chi connectivity index (χ1) is 14.5. The van der Waals surface area contributed by atoms with E-state index in [0.29, 0.717) is 11.4 Å². The maximum Gasteiger partial charge on any atom is 0.245 e. The summed E-state index contributed by atoms with van der Waals surface area (Å²) in [6, 6.07) is 8.56. The largest absolute Gasteiger partial charge is 0.507 e. The first-order valence-electron chi connectivity index (χ1n) is 8.38. The van der Waals surface area contributed by atoms with E-state index >= 15 is 0 Å². The van der Waals surface area contributed by atoms with Gasteiger partial charge in [0.25, 0.3) is 0 Å². The molecule has 2 heterocycles. The average molecular weight is 430 g/mol. The third-order valence-corrected chi connectivity index (χ3v) is 4.40. The van der Waals surface area contributed by atoms with Crippen molar-refractivity contribution in [1.29, 1.82) is 0 Å². The molecule has 0 fully saturated rings. The fourth-order valence-corrected chi connectivity index (χ4v) is 2.87. The number of hydrogen-bond donors (Lipinski definition) is 3. The van der Waals surface area contributed by atoms with Gasteiger partial charge in [0.1, 0.15) is 28.7 Å². The van der Waals surface area contributed by atoms with Crippen molar-refractivity contribution in [1.82, 2.24) is 20.3 Å². The van der Waals surface area contributed by atoms with E-state index in [4.69, 9.17) is 22.2 Å². The molecule has 0 aliphatic heterocycles. The van der Waals surface area contributed by atoms with Crippen molar-refractivity contribution >= 4 is 40.1 Å². The fraction of sp³-hybridized carbons (Fsp3) is 0.0556. The molecular formula is C18H13ClFN7O3. The van der Waals surface area contributed by atoms with Crippen LogP contribution in [0.4, 0.5) is 15.9 Å². The van der Waals surface area contributed by atoms with Crippen LogP contribution in [0.3, 0.4) is 0 Å². The van der Waals surface area contributed by atoms with Crippen LogP contribution in [0.15, 0.2) is 46.1 Å². The highest BCUT2D eigenvalue weighted by Gasteiger charge is 2.22. The molecule has 10 nitrogen and oxygen atoms in total. The standard InChI is InChI=1S/C18H13ClFN7O3/c1-29-9-3-5-13(28)10(7-9)14(25-21)15-16(24-18-17(23-15)26-30-27-18)22-8-2-4-12(20)11(19)6-8/h2-7,28H,21H2,1H3,(H,22,24,27). The average Bonchev–Trinajstić information content (AvgIpc) is 3.20. The van der Waals surface area contributed by atoms with Crippen LogP contribution in [0.1, 0.15) is 11.3 Å². The summed E-state index contributed by atoms with van der Waals surface area (Å²) in [6.45, 7) is 0. The van der Waals surface area contributed by atoms with Crippen molar-refractivity contribution in [2.24, 2.45) is 10.9 Å². The van der Waals surface area contributed by atoms with Gasteiger partial charge in [0, 0.05) is 11.3 Å². The highest BCUT2D eigenvalue weighted by Crippen LogP contribution is 2.29. The monoisotopic (exact) mass is 429 g/mol. The SMILES string of the molecule is COc1ccc(O)c(C(=NN)c2nc3nonc3nc2Nc2ccc(F)c(Cl)c2)c1. The van der Waals surface area contributed by atoms with Crippen LogP contribution in [-0.4, -0.2) is 38.2 Å². The van der Waals surface area contributed by atoms with E-state index in [9.17, 15) is 9.50 Å². The lowest BCUT2D eigenvalue weighted by molar-refractivity contribution is 0.314. The molecule has 4 rings (SSSR count). The Morgan fingerprint density at radius 1 is 1.20 bits per heavy atom. The summed E-state index contributed by atoms with van der Waals surface area (Å²) in [5.74, 6) is 5.55. The molecule has 0 saturated heterocycles. The summed E-state index contributed by atoms with van der Waals surface area (Å²) in [5, 5.41) is 24.4. The Hall–Kier alpha value is -3.99. The zero-order valence-electron chi connectivity index (χ0n) is 15.3.